The molecule has 0 fully saturated rings. The van der Waals surface area contributed by atoms with Gasteiger partial charge < -0.3 is 19.7 Å². The van der Waals surface area contributed by atoms with Crippen LogP contribution in [0.5, 0.6) is 11.5 Å². The van der Waals surface area contributed by atoms with Gasteiger partial charge in [0.05, 0.1) is 20.8 Å². The molecule has 1 N–H and O–H groups in total. The van der Waals surface area contributed by atoms with E-state index in [4.69, 9.17) is 9.47 Å². The van der Waals surface area contributed by atoms with Crippen LogP contribution in [0.15, 0.2) is 40.9 Å². The first kappa shape index (κ1) is 19.8. The molecule has 0 aliphatic heterocycles. The summed E-state index contributed by atoms with van der Waals surface area (Å²) in [6, 6.07) is 10.5. The number of nitrogens with zero attached hydrogens (tertiary/aromatic N) is 1. The minimum absolute atomic E-state index is 0.0755. The summed E-state index contributed by atoms with van der Waals surface area (Å²) >= 11 is 3.39. The van der Waals surface area contributed by atoms with Gasteiger partial charge in [0.2, 0.25) is 5.91 Å². The number of aryl methyl sites for hydroxylation is 1. The van der Waals surface area contributed by atoms with Crippen molar-refractivity contribution in [1.29, 1.82) is 0 Å². The Bertz CT molecular complexity index is 801. The zero-order valence-electron chi connectivity index (χ0n) is 15.1. The Morgan fingerprint density at radius 2 is 1.69 bits per heavy atom. The monoisotopic (exact) mass is 420 g/mol. The van der Waals surface area contributed by atoms with E-state index in [2.05, 4.69) is 21.2 Å². The standard InChI is InChI=1S/C19H21BrN2O4/c1-12-7-14(20)5-6-17(12)21-18(23)11-22(2)19(24)13-8-15(25-3)10-16(9-13)26-4/h5-10H,11H2,1-4H3,(H,21,23). The fourth-order valence-electron chi connectivity index (χ4n) is 2.40. The van der Waals surface area contributed by atoms with Crippen molar-refractivity contribution in [1.82, 2.24) is 4.90 Å². The zero-order valence-corrected chi connectivity index (χ0v) is 16.7. The first-order chi connectivity index (χ1) is 12.3. The van der Waals surface area contributed by atoms with Crippen LogP contribution < -0.4 is 14.8 Å². The number of anilines is 1. The maximum Gasteiger partial charge on any atom is 0.254 e. The normalized spacial score (nSPS) is 10.2. The molecule has 0 saturated carbocycles. The molecule has 0 bridgehead atoms. The summed E-state index contributed by atoms with van der Waals surface area (Å²) < 4.78 is 11.3. The molecule has 2 amide bonds. The first-order valence-electron chi connectivity index (χ1n) is 7.88. The van der Waals surface area contributed by atoms with Crippen LogP contribution >= 0.6 is 15.9 Å². The molecule has 0 unspecified atom stereocenters. The number of amides is 2. The van der Waals surface area contributed by atoms with E-state index in [1.807, 2.05) is 25.1 Å². The summed E-state index contributed by atoms with van der Waals surface area (Å²) in [4.78, 5) is 26.2. The minimum Gasteiger partial charge on any atom is -0.497 e. The van der Waals surface area contributed by atoms with Gasteiger partial charge in [0.1, 0.15) is 11.5 Å². The van der Waals surface area contributed by atoms with Crippen LogP contribution in [0.4, 0.5) is 5.69 Å². The van der Waals surface area contributed by atoms with Crippen LogP contribution in [0, 0.1) is 6.92 Å². The van der Waals surface area contributed by atoms with Gasteiger partial charge in [-0.2, -0.15) is 0 Å². The third-order valence-corrected chi connectivity index (χ3v) is 4.28. The summed E-state index contributed by atoms with van der Waals surface area (Å²) in [6.07, 6.45) is 0. The molecule has 0 atom stereocenters. The van der Waals surface area contributed by atoms with Gasteiger partial charge in [-0.25, -0.2) is 0 Å². The highest BCUT2D eigenvalue weighted by atomic mass is 79.9. The average molecular weight is 421 g/mol. The maximum absolute atomic E-state index is 12.6. The molecule has 2 rings (SSSR count). The Labute approximate surface area is 161 Å². The van der Waals surface area contributed by atoms with Crippen LogP contribution in [0.1, 0.15) is 15.9 Å². The molecule has 2 aromatic carbocycles. The molecule has 6 nitrogen and oxygen atoms in total. The zero-order chi connectivity index (χ0) is 19.3. The van der Waals surface area contributed by atoms with Gasteiger partial charge in [0, 0.05) is 28.8 Å². The SMILES string of the molecule is COc1cc(OC)cc(C(=O)N(C)CC(=O)Nc2ccc(Br)cc2C)c1. The summed E-state index contributed by atoms with van der Waals surface area (Å²) in [6.45, 7) is 1.83. The van der Waals surface area contributed by atoms with E-state index in [1.165, 1.54) is 19.1 Å². The summed E-state index contributed by atoms with van der Waals surface area (Å²) in [5, 5.41) is 2.82. The molecule has 138 valence electrons. The smallest absolute Gasteiger partial charge is 0.254 e. The number of ether oxygens (including phenoxy) is 2. The van der Waals surface area contributed by atoms with E-state index in [-0.39, 0.29) is 18.4 Å². The van der Waals surface area contributed by atoms with Crippen LogP contribution in [-0.2, 0) is 4.79 Å². The number of benzene rings is 2. The van der Waals surface area contributed by atoms with Gasteiger partial charge in [-0.3, -0.25) is 9.59 Å². The van der Waals surface area contributed by atoms with Crippen molar-refractivity contribution in [2.45, 2.75) is 6.92 Å². The summed E-state index contributed by atoms with van der Waals surface area (Å²) in [5.74, 6) is 0.443. The van der Waals surface area contributed by atoms with E-state index in [9.17, 15) is 9.59 Å². The lowest BCUT2D eigenvalue weighted by Gasteiger charge is -2.18. The molecule has 0 radical (unpaired) electrons. The molecule has 0 aliphatic carbocycles. The van der Waals surface area contributed by atoms with Crippen LogP contribution in [-0.4, -0.2) is 44.5 Å². The van der Waals surface area contributed by atoms with Crippen molar-refractivity contribution in [3.8, 4) is 11.5 Å². The molecule has 0 spiro atoms. The second-order valence-corrected chi connectivity index (χ2v) is 6.69. The second kappa shape index (κ2) is 8.71. The predicted octanol–water partition coefficient (Wildman–Crippen LogP) is 3.49. The third-order valence-electron chi connectivity index (χ3n) is 3.79. The Morgan fingerprint density at radius 1 is 1.08 bits per heavy atom. The fourth-order valence-corrected chi connectivity index (χ4v) is 2.87. The average Bonchev–Trinajstić information content (AvgIpc) is 2.62. The van der Waals surface area contributed by atoms with Crippen molar-refractivity contribution in [2.24, 2.45) is 0 Å². The molecule has 7 heteroatoms. The first-order valence-corrected chi connectivity index (χ1v) is 8.68. The second-order valence-electron chi connectivity index (χ2n) is 5.77. The molecular formula is C19H21BrN2O4. The van der Waals surface area contributed by atoms with Gasteiger partial charge in [-0.1, -0.05) is 15.9 Å². The third kappa shape index (κ3) is 4.98. The maximum atomic E-state index is 12.6. The van der Waals surface area contributed by atoms with Crippen LogP contribution in [0.25, 0.3) is 0 Å². The summed E-state index contributed by atoms with van der Waals surface area (Å²) in [5.41, 5.74) is 2.03. The molecule has 0 aromatic heterocycles. The molecule has 2 aromatic rings. The Balaban J connectivity index is 2.07. The van der Waals surface area contributed by atoms with Crippen molar-refractivity contribution in [3.63, 3.8) is 0 Å². The number of nitrogens with one attached hydrogen (secondary N) is 1. The molecule has 0 aliphatic rings. The van der Waals surface area contributed by atoms with Gasteiger partial charge in [-0.05, 0) is 42.8 Å². The lowest BCUT2D eigenvalue weighted by molar-refractivity contribution is -0.116. The van der Waals surface area contributed by atoms with E-state index < -0.39 is 0 Å². The van der Waals surface area contributed by atoms with E-state index in [0.717, 1.165) is 10.0 Å². The Hall–Kier alpha value is -2.54. The lowest BCUT2D eigenvalue weighted by Crippen LogP contribution is -2.35. The quantitative estimate of drug-likeness (QED) is 0.776. The van der Waals surface area contributed by atoms with Crippen molar-refractivity contribution < 1.29 is 19.1 Å². The largest absolute Gasteiger partial charge is 0.497 e. The molecular weight excluding hydrogens is 400 g/mol. The van der Waals surface area contributed by atoms with E-state index >= 15 is 0 Å². The van der Waals surface area contributed by atoms with E-state index in [0.29, 0.717) is 22.7 Å². The number of methoxy groups -OCH3 is 2. The highest BCUT2D eigenvalue weighted by molar-refractivity contribution is 9.10. The molecule has 0 saturated heterocycles. The van der Waals surface area contributed by atoms with Gasteiger partial charge in [-0.15, -0.1) is 0 Å². The predicted molar refractivity (Wildman–Crippen MR) is 104 cm³/mol. The fraction of sp³-hybridized carbons (Fsp3) is 0.263. The number of carbonyl (C=O) groups is 2. The van der Waals surface area contributed by atoms with Crippen LogP contribution in [0.2, 0.25) is 0 Å². The Kier molecular flexibility index (Phi) is 6.63. The minimum atomic E-state index is -0.301. The van der Waals surface area contributed by atoms with Gasteiger partial charge >= 0.3 is 0 Å². The number of likely N-dealkylation sites (N-methyl/N-ethyl adjacent to an activating group) is 1. The topological polar surface area (TPSA) is 67.9 Å². The number of hydrogen-bond acceptors (Lipinski definition) is 4. The van der Waals surface area contributed by atoms with Gasteiger partial charge in [0.25, 0.3) is 5.91 Å². The number of hydrogen-bond donors (Lipinski definition) is 1. The van der Waals surface area contributed by atoms with Crippen LogP contribution in [0.3, 0.4) is 0 Å². The van der Waals surface area contributed by atoms with Crippen molar-refractivity contribution in [2.75, 3.05) is 33.1 Å². The molecule has 26 heavy (non-hydrogen) atoms. The lowest BCUT2D eigenvalue weighted by atomic mass is 10.1. The highest BCUT2D eigenvalue weighted by Gasteiger charge is 2.17. The number of halogens is 1. The Morgan fingerprint density at radius 3 is 2.23 bits per heavy atom. The van der Waals surface area contributed by atoms with E-state index in [1.54, 1.807) is 25.2 Å². The molecule has 0 heterocycles. The van der Waals surface area contributed by atoms with Gasteiger partial charge in [0.15, 0.2) is 0 Å². The van der Waals surface area contributed by atoms with Crippen molar-refractivity contribution in [3.05, 3.63) is 52.0 Å². The summed E-state index contributed by atoms with van der Waals surface area (Å²) in [7, 11) is 4.60. The number of rotatable bonds is 6. The number of carbonyl (C=O) groups excluding carboxylic acids is 2. The van der Waals surface area contributed by atoms with Crippen molar-refractivity contribution >= 4 is 33.4 Å². The highest BCUT2D eigenvalue weighted by Crippen LogP contribution is 2.23.